The molecule has 0 atom stereocenters. The summed E-state index contributed by atoms with van der Waals surface area (Å²) in [6, 6.07) is 10.3. The van der Waals surface area contributed by atoms with Gasteiger partial charge in [0.25, 0.3) is 0 Å². The molecule has 0 saturated carbocycles. The van der Waals surface area contributed by atoms with E-state index < -0.39 is 5.54 Å². The molecule has 0 unspecified atom stereocenters. The standard InChI is InChI=1S/C19H23N5O3.2ClH/c20-19(6-10-27-11-7-19)17(25)23-15-2-1-3-16(12-15)24-18(26)22-13-14-4-8-21-9-5-14;;/h1-5,8-9,12H,6-7,10-11,13,20H2,(H,23,25)(H2,22,24,26);2*1H. The van der Waals surface area contributed by atoms with Gasteiger partial charge in [-0.3, -0.25) is 9.78 Å². The average Bonchev–Trinajstić information content (AvgIpc) is 2.68. The van der Waals surface area contributed by atoms with Crippen molar-refractivity contribution in [1.82, 2.24) is 10.3 Å². The van der Waals surface area contributed by atoms with Crippen LogP contribution in [0, 0.1) is 0 Å². The number of nitrogens with one attached hydrogen (secondary N) is 3. The fourth-order valence-corrected chi connectivity index (χ4v) is 2.75. The smallest absolute Gasteiger partial charge is 0.319 e. The molecule has 0 spiro atoms. The molecule has 1 saturated heterocycles. The number of halogens is 2. The van der Waals surface area contributed by atoms with Crippen molar-refractivity contribution in [3.05, 3.63) is 54.4 Å². The number of pyridine rings is 1. The summed E-state index contributed by atoms with van der Waals surface area (Å²) in [7, 11) is 0. The van der Waals surface area contributed by atoms with Gasteiger partial charge >= 0.3 is 6.03 Å². The number of rotatable bonds is 5. The van der Waals surface area contributed by atoms with Gasteiger partial charge in [0.05, 0.1) is 0 Å². The van der Waals surface area contributed by atoms with E-state index in [2.05, 4.69) is 20.9 Å². The molecule has 10 heteroatoms. The van der Waals surface area contributed by atoms with Crippen LogP contribution in [0.25, 0.3) is 0 Å². The number of nitrogens with zero attached hydrogens (tertiary/aromatic N) is 1. The zero-order valence-corrected chi connectivity index (χ0v) is 17.4. The van der Waals surface area contributed by atoms with Crippen LogP contribution in [-0.2, 0) is 16.1 Å². The zero-order chi connectivity index (χ0) is 19.1. The summed E-state index contributed by atoms with van der Waals surface area (Å²) in [5, 5.41) is 8.34. The van der Waals surface area contributed by atoms with Gasteiger partial charge in [-0.1, -0.05) is 6.07 Å². The second-order valence-electron chi connectivity index (χ2n) is 6.47. The summed E-state index contributed by atoms with van der Waals surface area (Å²) in [6.07, 6.45) is 4.30. The number of benzene rings is 1. The summed E-state index contributed by atoms with van der Waals surface area (Å²) in [5.41, 5.74) is 7.35. The predicted octanol–water partition coefficient (Wildman–Crippen LogP) is 2.69. The van der Waals surface area contributed by atoms with Gasteiger partial charge in [-0.25, -0.2) is 4.79 Å². The zero-order valence-electron chi connectivity index (χ0n) is 15.7. The van der Waals surface area contributed by atoms with Crippen LogP contribution < -0.4 is 21.7 Å². The Bertz CT molecular complexity index is 801. The van der Waals surface area contributed by atoms with Crippen LogP contribution in [0.5, 0.6) is 0 Å². The summed E-state index contributed by atoms with van der Waals surface area (Å²) in [4.78, 5) is 28.5. The van der Waals surface area contributed by atoms with E-state index >= 15 is 0 Å². The molecule has 0 aliphatic carbocycles. The number of anilines is 2. The minimum Gasteiger partial charge on any atom is -0.381 e. The van der Waals surface area contributed by atoms with Crippen LogP contribution in [0.2, 0.25) is 0 Å². The number of carbonyl (C=O) groups excluding carboxylic acids is 2. The maximum atomic E-state index is 12.5. The van der Waals surface area contributed by atoms with E-state index in [-0.39, 0.29) is 36.8 Å². The van der Waals surface area contributed by atoms with E-state index in [1.54, 1.807) is 36.7 Å². The molecule has 2 aromatic rings. The van der Waals surface area contributed by atoms with Crippen molar-refractivity contribution < 1.29 is 14.3 Å². The fraction of sp³-hybridized carbons (Fsp3) is 0.316. The van der Waals surface area contributed by atoms with Crippen LogP contribution in [0.1, 0.15) is 18.4 Å². The Morgan fingerprint density at radius 3 is 2.31 bits per heavy atom. The monoisotopic (exact) mass is 441 g/mol. The highest BCUT2D eigenvalue weighted by Crippen LogP contribution is 2.21. The molecule has 1 aliphatic heterocycles. The minimum atomic E-state index is -0.927. The second kappa shape index (κ2) is 11.6. The van der Waals surface area contributed by atoms with Crippen molar-refractivity contribution in [2.75, 3.05) is 23.8 Å². The molecule has 1 aromatic carbocycles. The normalized spacial score (nSPS) is 14.5. The molecule has 1 aromatic heterocycles. The number of urea groups is 1. The average molecular weight is 442 g/mol. The second-order valence-corrected chi connectivity index (χ2v) is 6.47. The largest absolute Gasteiger partial charge is 0.381 e. The van der Waals surface area contributed by atoms with E-state index in [0.717, 1.165) is 5.56 Å². The van der Waals surface area contributed by atoms with Gasteiger partial charge in [0, 0.05) is 43.5 Å². The maximum absolute atomic E-state index is 12.5. The number of amides is 3. The van der Waals surface area contributed by atoms with Gasteiger partial charge in [-0.15, -0.1) is 24.8 Å². The summed E-state index contributed by atoms with van der Waals surface area (Å²) in [6.45, 7) is 1.34. The van der Waals surface area contributed by atoms with Crippen molar-refractivity contribution >= 4 is 48.1 Å². The molecule has 8 nitrogen and oxygen atoms in total. The van der Waals surface area contributed by atoms with Crippen molar-refractivity contribution in [2.24, 2.45) is 5.73 Å². The summed E-state index contributed by atoms with van der Waals surface area (Å²) in [5.74, 6) is -0.245. The van der Waals surface area contributed by atoms with Gasteiger partial charge < -0.3 is 26.4 Å². The molecule has 5 N–H and O–H groups in total. The summed E-state index contributed by atoms with van der Waals surface area (Å²) < 4.78 is 5.27. The first-order valence-corrected chi connectivity index (χ1v) is 8.77. The van der Waals surface area contributed by atoms with Crippen LogP contribution in [0.3, 0.4) is 0 Å². The molecular weight excluding hydrogens is 417 g/mol. The van der Waals surface area contributed by atoms with E-state index in [1.807, 2.05) is 12.1 Å². The number of aromatic nitrogens is 1. The molecule has 3 amide bonds. The van der Waals surface area contributed by atoms with Gasteiger partial charge in [-0.2, -0.15) is 0 Å². The Hall–Kier alpha value is -2.39. The van der Waals surface area contributed by atoms with E-state index in [4.69, 9.17) is 10.5 Å². The first-order valence-electron chi connectivity index (χ1n) is 8.77. The Labute approximate surface area is 181 Å². The van der Waals surface area contributed by atoms with Crippen LogP contribution in [-0.4, -0.2) is 35.7 Å². The Kier molecular flexibility index (Phi) is 9.84. The van der Waals surface area contributed by atoms with E-state index in [1.165, 1.54) is 0 Å². The Morgan fingerprint density at radius 2 is 1.66 bits per heavy atom. The third kappa shape index (κ3) is 7.17. The Morgan fingerprint density at radius 1 is 1.03 bits per heavy atom. The van der Waals surface area contributed by atoms with Gasteiger partial charge in [0.2, 0.25) is 5.91 Å². The molecule has 1 fully saturated rings. The number of hydrogen-bond acceptors (Lipinski definition) is 5. The lowest BCUT2D eigenvalue weighted by Crippen LogP contribution is -2.54. The molecule has 0 bridgehead atoms. The van der Waals surface area contributed by atoms with Crippen molar-refractivity contribution in [2.45, 2.75) is 24.9 Å². The van der Waals surface area contributed by atoms with Crippen LogP contribution >= 0.6 is 24.8 Å². The quantitative estimate of drug-likeness (QED) is 0.568. The topological polar surface area (TPSA) is 118 Å². The number of carbonyl (C=O) groups is 2. The molecule has 158 valence electrons. The molecule has 1 aliphatic rings. The lowest BCUT2D eigenvalue weighted by molar-refractivity contribution is -0.124. The molecule has 29 heavy (non-hydrogen) atoms. The molecule has 2 heterocycles. The van der Waals surface area contributed by atoms with Crippen LogP contribution in [0.4, 0.5) is 16.2 Å². The number of nitrogens with two attached hydrogens (primary N) is 1. The van der Waals surface area contributed by atoms with Gasteiger partial charge in [-0.05, 0) is 48.7 Å². The predicted molar refractivity (Wildman–Crippen MR) is 117 cm³/mol. The van der Waals surface area contributed by atoms with Crippen LogP contribution in [0.15, 0.2) is 48.8 Å². The molecule has 0 radical (unpaired) electrons. The molecular formula is C19H25Cl2N5O3. The van der Waals surface area contributed by atoms with Crippen molar-refractivity contribution in [3.8, 4) is 0 Å². The summed E-state index contributed by atoms with van der Waals surface area (Å²) >= 11 is 0. The van der Waals surface area contributed by atoms with Gasteiger partial charge in [0.1, 0.15) is 5.54 Å². The number of ether oxygens (including phenoxy) is 1. The minimum absolute atomic E-state index is 0. The third-order valence-corrected chi connectivity index (χ3v) is 4.42. The maximum Gasteiger partial charge on any atom is 0.319 e. The highest BCUT2D eigenvalue weighted by atomic mass is 35.5. The highest BCUT2D eigenvalue weighted by molar-refractivity contribution is 5.99. The highest BCUT2D eigenvalue weighted by Gasteiger charge is 2.35. The first kappa shape index (κ1) is 24.6. The molecule has 3 rings (SSSR count). The third-order valence-electron chi connectivity index (χ3n) is 4.42. The lowest BCUT2D eigenvalue weighted by Gasteiger charge is -2.31. The number of hydrogen-bond donors (Lipinski definition) is 4. The van der Waals surface area contributed by atoms with Crippen molar-refractivity contribution in [3.63, 3.8) is 0 Å². The van der Waals surface area contributed by atoms with Crippen molar-refractivity contribution in [1.29, 1.82) is 0 Å². The van der Waals surface area contributed by atoms with Gasteiger partial charge in [0.15, 0.2) is 0 Å². The first-order chi connectivity index (χ1) is 13.0. The fourth-order valence-electron chi connectivity index (χ4n) is 2.75. The SMILES string of the molecule is Cl.Cl.NC1(C(=O)Nc2cccc(NC(=O)NCc3ccncc3)c2)CCOCC1. The van der Waals surface area contributed by atoms with E-state index in [0.29, 0.717) is 44.0 Å². The lowest BCUT2D eigenvalue weighted by atomic mass is 9.90. The Balaban J connectivity index is 0.00000210. The van der Waals surface area contributed by atoms with E-state index in [9.17, 15) is 9.59 Å².